The van der Waals surface area contributed by atoms with Crippen molar-refractivity contribution >= 4 is 17.2 Å². The molecule has 0 aliphatic carbocycles. The number of aromatic nitrogens is 2. The number of ether oxygens (including phenoxy) is 1. The quantitative estimate of drug-likeness (QED) is 0.792. The first-order valence-corrected chi connectivity index (χ1v) is 7.92. The number of rotatable bonds is 4. The molecule has 1 amide bonds. The van der Waals surface area contributed by atoms with Crippen LogP contribution < -0.4 is 10.1 Å². The molecule has 0 saturated heterocycles. The third kappa shape index (κ3) is 3.11. The van der Waals surface area contributed by atoms with Gasteiger partial charge in [-0.25, -0.2) is 4.98 Å². The van der Waals surface area contributed by atoms with Crippen LogP contribution >= 0.6 is 0 Å². The molecular formula is C19H21N3O2. The fraction of sp³-hybridized carbons (Fsp3) is 0.263. The maximum Gasteiger partial charge on any atom is 0.227 e. The smallest absolute Gasteiger partial charge is 0.227 e. The number of methoxy groups -OCH3 is 1. The molecule has 1 N–H and O–H groups in total. The number of benzene rings is 1. The zero-order chi connectivity index (χ0) is 17.3. The van der Waals surface area contributed by atoms with Gasteiger partial charge in [-0.2, -0.15) is 0 Å². The van der Waals surface area contributed by atoms with Gasteiger partial charge in [0.15, 0.2) is 0 Å². The number of aryl methyl sites for hydroxylation is 1. The van der Waals surface area contributed by atoms with Crippen LogP contribution in [0.15, 0.2) is 42.7 Å². The van der Waals surface area contributed by atoms with E-state index in [9.17, 15) is 4.79 Å². The van der Waals surface area contributed by atoms with E-state index in [4.69, 9.17) is 4.74 Å². The summed E-state index contributed by atoms with van der Waals surface area (Å²) in [6, 6.07) is 9.77. The highest BCUT2D eigenvalue weighted by Crippen LogP contribution is 2.30. The van der Waals surface area contributed by atoms with E-state index in [1.807, 2.05) is 67.9 Å². The topological polar surface area (TPSA) is 55.6 Å². The van der Waals surface area contributed by atoms with E-state index in [1.54, 1.807) is 7.11 Å². The molecule has 0 radical (unpaired) electrons. The number of carbonyl (C=O) groups excluding carboxylic acids is 1. The van der Waals surface area contributed by atoms with Gasteiger partial charge in [0.05, 0.1) is 18.5 Å². The van der Waals surface area contributed by atoms with Crippen molar-refractivity contribution in [3.8, 4) is 17.0 Å². The monoisotopic (exact) mass is 323 g/mol. The fourth-order valence-electron chi connectivity index (χ4n) is 2.46. The second kappa shape index (κ2) is 6.35. The number of hydrogen-bond donors (Lipinski definition) is 1. The number of pyridine rings is 1. The molecule has 1 aromatic carbocycles. The average molecular weight is 323 g/mol. The van der Waals surface area contributed by atoms with Crippen molar-refractivity contribution in [3.05, 3.63) is 48.3 Å². The Labute approximate surface area is 141 Å². The van der Waals surface area contributed by atoms with Gasteiger partial charge in [-0.1, -0.05) is 13.8 Å². The highest BCUT2D eigenvalue weighted by Gasteiger charge is 2.13. The van der Waals surface area contributed by atoms with Crippen LogP contribution in [0.1, 0.15) is 19.4 Å². The molecule has 5 heteroatoms. The van der Waals surface area contributed by atoms with Crippen molar-refractivity contribution < 1.29 is 9.53 Å². The summed E-state index contributed by atoms with van der Waals surface area (Å²) in [5.74, 6) is 0.486. The Morgan fingerprint density at radius 1 is 1.25 bits per heavy atom. The van der Waals surface area contributed by atoms with E-state index in [0.29, 0.717) is 11.4 Å². The minimum atomic E-state index is -0.100. The molecule has 0 saturated carbocycles. The molecule has 0 bridgehead atoms. The molecule has 0 fully saturated rings. The van der Waals surface area contributed by atoms with E-state index in [-0.39, 0.29) is 11.8 Å². The lowest BCUT2D eigenvalue weighted by Crippen LogP contribution is -2.18. The minimum absolute atomic E-state index is 0.0453. The largest absolute Gasteiger partial charge is 0.495 e. The zero-order valence-corrected chi connectivity index (χ0v) is 14.3. The number of imidazole rings is 1. The normalized spacial score (nSPS) is 11.0. The van der Waals surface area contributed by atoms with Crippen molar-refractivity contribution in [1.29, 1.82) is 0 Å². The van der Waals surface area contributed by atoms with Crippen LogP contribution in [0.2, 0.25) is 0 Å². The maximum absolute atomic E-state index is 12.0. The number of anilines is 1. The number of nitrogens with zero attached hydrogens (tertiary/aromatic N) is 2. The molecule has 2 heterocycles. The molecular weight excluding hydrogens is 302 g/mol. The lowest BCUT2D eigenvalue weighted by atomic mass is 10.1. The van der Waals surface area contributed by atoms with Crippen LogP contribution in [-0.2, 0) is 4.79 Å². The van der Waals surface area contributed by atoms with Gasteiger partial charge in [0.2, 0.25) is 5.91 Å². The lowest BCUT2D eigenvalue weighted by molar-refractivity contribution is -0.118. The van der Waals surface area contributed by atoms with Crippen molar-refractivity contribution in [3.63, 3.8) is 0 Å². The van der Waals surface area contributed by atoms with Gasteiger partial charge in [-0.05, 0) is 42.8 Å². The highest BCUT2D eigenvalue weighted by molar-refractivity contribution is 5.94. The second-order valence-corrected chi connectivity index (χ2v) is 6.15. The predicted octanol–water partition coefficient (Wildman–Crippen LogP) is 3.91. The van der Waals surface area contributed by atoms with Crippen molar-refractivity contribution in [2.75, 3.05) is 12.4 Å². The summed E-state index contributed by atoms with van der Waals surface area (Å²) in [7, 11) is 1.59. The minimum Gasteiger partial charge on any atom is -0.495 e. The van der Waals surface area contributed by atoms with E-state index >= 15 is 0 Å². The first kappa shape index (κ1) is 16.1. The standard InChI is InChI=1S/C19H21N3O2/c1-12(2)19(23)21-15-10-14(5-6-17(15)24-4)16-11-22-8-7-13(3)9-18(22)20-16/h5-12H,1-4H3,(H,21,23). The molecule has 3 aromatic rings. The summed E-state index contributed by atoms with van der Waals surface area (Å²) in [6.07, 6.45) is 3.97. The third-order valence-electron chi connectivity index (χ3n) is 3.89. The average Bonchev–Trinajstić information content (AvgIpc) is 2.97. The van der Waals surface area contributed by atoms with Gasteiger partial charge in [0.25, 0.3) is 0 Å². The highest BCUT2D eigenvalue weighted by atomic mass is 16.5. The van der Waals surface area contributed by atoms with Crippen LogP contribution in [0.5, 0.6) is 5.75 Å². The Balaban J connectivity index is 2.02. The van der Waals surface area contributed by atoms with Gasteiger partial charge in [-0.3, -0.25) is 4.79 Å². The number of amides is 1. The summed E-state index contributed by atoms with van der Waals surface area (Å²) < 4.78 is 7.34. The van der Waals surface area contributed by atoms with Gasteiger partial charge in [-0.15, -0.1) is 0 Å². The van der Waals surface area contributed by atoms with E-state index in [2.05, 4.69) is 10.3 Å². The van der Waals surface area contributed by atoms with Gasteiger partial charge in [0.1, 0.15) is 11.4 Å². The first-order chi connectivity index (χ1) is 11.5. The molecule has 0 atom stereocenters. The number of fused-ring (bicyclic) bond motifs is 1. The second-order valence-electron chi connectivity index (χ2n) is 6.15. The van der Waals surface area contributed by atoms with Gasteiger partial charge < -0.3 is 14.5 Å². The van der Waals surface area contributed by atoms with Gasteiger partial charge >= 0.3 is 0 Å². The van der Waals surface area contributed by atoms with Gasteiger partial charge in [0, 0.05) is 23.9 Å². The van der Waals surface area contributed by atoms with Crippen LogP contribution in [0.25, 0.3) is 16.9 Å². The molecule has 0 aliphatic rings. The Bertz CT molecular complexity index is 897. The van der Waals surface area contributed by atoms with Crippen molar-refractivity contribution in [2.24, 2.45) is 5.92 Å². The molecule has 3 rings (SSSR count). The molecule has 0 unspecified atom stereocenters. The van der Waals surface area contributed by atoms with Crippen molar-refractivity contribution in [1.82, 2.24) is 9.38 Å². The summed E-state index contributed by atoms with van der Waals surface area (Å²) in [5.41, 5.74) is 4.49. The Morgan fingerprint density at radius 3 is 2.75 bits per heavy atom. The van der Waals surface area contributed by atoms with Crippen LogP contribution in [0, 0.1) is 12.8 Å². The Morgan fingerprint density at radius 2 is 2.04 bits per heavy atom. The number of carbonyl (C=O) groups is 1. The molecule has 0 aliphatic heterocycles. The Hall–Kier alpha value is -2.82. The molecule has 5 nitrogen and oxygen atoms in total. The first-order valence-electron chi connectivity index (χ1n) is 7.92. The number of nitrogens with one attached hydrogen (secondary N) is 1. The van der Waals surface area contributed by atoms with Crippen LogP contribution in [0.3, 0.4) is 0 Å². The SMILES string of the molecule is COc1ccc(-c2cn3ccc(C)cc3n2)cc1NC(=O)C(C)C. The number of hydrogen-bond acceptors (Lipinski definition) is 3. The summed E-state index contributed by atoms with van der Waals surface area (Å²) in [6.45, 7) is 5.76. The maximum atomic E-state index is 12.0. The fourth-order valence-corrected chi connectivity index (χ4v) is 2.46. The summed E-state index contributed by atoms with van der Waals surface area (Å²) >= 11 is 0. The van der Waals surface area contributed by atoms with Crippen molar-refractivity contribution in [2.45, 2.75) is 20.8 Å². The van der Waals surface area contributed by atoms with E-state index in [0.717, 1.165) is 16.9 Å². The molecule has 0 spiro atoms. The van der Waals surface area contributed by atoms with Crippen LogP contribution in [0.4, 0.5) is 5.69 Å². The molecule has 124 valence electrons. The third-order valence-corrected chi connectivity index (χ3v) is 3.89. The van der Waals surface area contributed by atoms with Crippen LogP contribution in [-0.4, -0.2) is 22.4 Å². The van der Waals surface area contributed by atoms with E-state index < -0.39 is 0 Å². The summed E-state index contributed by atoms with van der Waals surface area (Å²) in [4.78, 5) is 16.7. The predicted molar refractivity (Wildman–Crippen MR) is 95.4 cm³/mol. The van der Waals surface area contributed by atoms with E-state index in [1.165, 1.54) is 5.56 Å². The Kier molecular flexibility index (Phi) is 4.25. The zero-order valence-electron chi connectivity index (χ0n) is 14.3. The molecule has 24 heavy (non-hydrogen) atoms. The summed E-state index contributed by atoms with van der Waals surface area (Å²) in [5, 5.41) is 2.92. The molecule has 2 aromatic heterocycles. The lowest BCUT2D eigenvalue weighted by Gasteiger charge is -2.12.